The van der Waals surface area contributed by atoms with Crippen LogP contribution in [-0.4, -0.2) is 43.9 Å². The normalized spacial score (nSPS) is 15.7. The van der Waals surface area contributed by atoms with Crippen molar-refractivity contribution in [1.82, 2.24) is 19.6 Å². The molecule has 0 aliphatic carbocycles. The summed E-state index contributed by atoms with van der Waals surface area (Å²) in [5, 5.41) is 18.8. The molecule has 0 unspecified atom stereocenters. The number of hydrogen-bond donors (Lipinski definition) is 2. The fourth-order valence-electron chi connectivity index (χ4n) is 2.32. The van der Waals surface area contributed by atoms with E-state index in [2.05, 4.69) is 25.4 Å². The summed E-state index contributed by atoms with van der Waals surface area (Å²) in [6.45, 7) is 1.89. The number of carbonyl (C=O) groups is 1. The molecule has 0 bridgehead atoms. The van der Waals surface area contributed by atoms with E-state index in [-0.39, 0.29) is 5.95 Å². The molecule has 1 fully saturated rings. The average Bonchev–Trinajstić information content (AvgIpc) is 2.82. The van der Waals surface area contributed by atoms with Crippen LogP contribution in [0.25, 0.3) is 5.65 Å². The van der Waals surface area contributed by atoms with Crippen LogP contribution in [0.2, 0.25) is 0 Å². The molecule has 8 nitrogen and oxygen atoms in total. The number of rotatable bonds is 2. The van der Waals surface area contributed by atoms with E-state index in [4.69, 9.17) is 5.11 Å². The predicted molar refractivity (Wildman–Crippen MR) is 68.5 cm³/mol. The number of amides is 1. The molecule has 0 spiro atoms. The van der Waals surface area contributed by atoms with Crippen LogP contribution < -0.4 is 10.2 Å². The lowest BCUT2D eigenvalue weighted by Gasteiger charge is -2.27. The van der Waals surface area contributed by atoms with Gasteiger partial charge in [0.05, 0.1) is 0 Å². The minimum atomic E-state index is -1.16. The molecule has 2 aromatic heterocycles. The highest BCUT2D eigenvalue weighted by molar-refractivity contribution is 5.81. The first-order chi connectivity index (χ1) is 9.25. The predicted octanol–water partition coefficient (Wildman–Crippen LogP) is 1.20. The first kappa shape index (κ1) is 11.7. The Kier molecular flexibility index (Phi) is 2.90. The molecule has 3 heterocycles. The Morgan fingerprint density at radius 1 is 1.26 bits per heavy atom. The van der Waals surface area contributed by atoms with E-state index in [0.717, 1.165) is 31.7 Å². The van der Waals surface area contributed by atoms with Gasteiger partial charge in [-0.15, -0.1) is 10.2 Å². The number of anilines is 2. The van der Waals surface area contributed by atoms with Gasteiger partial charge in [-0.25, -0.2) is 9.78 Å². The summed E-state index contributed by atoms with van der Waals surface area (Å²) >= 11 is 0. The summed E-state index contributed by atoms with van der Waals surface area (Å²) in [4.78, 5) is 17.2. The largest absolute Gasteiger partial charge is 0.465 e. The minimum Gasteiger partial charge on any atom is -0.465 e. The van der Waals surface area contributed by atoms with Gasteiger partial charge in [0.2, 0.25) is 11.6 Å². The van der Waals surface area contributed by atoms with Gasteiger partial charge in [0, 0.05) is 25.5 Å². The van der Waals surface area contributed by atoms with Crippen LogP contribution in [0.3, 0.4) is 0 Å². The Bertz CT molecular complexity index is 604. The molecule has 19 heavy (non-hydrogen) atoms. The molecule has 0 radical (unpaired) electrons. The van der Waals surface area contributed by atoms with E-state index in [1.165, 1.54) is 6.42 Å². The van der Waals surface area contributed by atoms with E-state index >= 15 is 0 Å². The maximum Gasteiger partial charge on any atom is 0.411 e. The van der Waals surface area contributed by atoms with Crippen molar-refractivity contribution in [3.05, 3.63) is 12.4 Å². The lowest BCUT2D eigenvalue weighted by molar-refractivity contribution is 0.209. The monoisotopic (exact) mass is 262 g/mol. The van der Waals surface area contributed by atoms with Gasteiger partial charge in [-0.05, 0) is 19.3 Å². The van der Waals surface area contributed by atoms with Crippen molar-refractivity contribution in [3.8, 4) is 0 Å². The van der Waals surface area contributed by atoms with Crippen molar-refractivity contribution in [2.45, 2.75) is 19.3 Å². The third kappa shape index (κ3) is 2.16. The van der Waals surface area contributed by atoms with Crippen LogP contribution in [0, 0.1) is 0 Å². The zero-order chi connectivity index (χ0) is 13.2. The molecular formula is C11H14N6O2. The fourth-order valence-corrected chi connectivity index (χ4v) is 2.32. The number of nitrogens with zero attached hydrogens (tertiary/aromatic N) is 5. The van der Waals surface area contributed by atoms with Crippen molar-refractivity contribution in [2.24, 2.45) is 0 Å². The molecule has 1 saturated heterocycles. The van der Waals surface area contributed by atoms with Crippen molar-refractivity contribution in [1.29, 1.82) is 0 Å². The topological polar surface area (TPSA) is 95.6 Å². The first-order valence-electron chi connectivity index (χ1n) is 6.20. The van der Waals surface area contributed by atoms with Gasteiger partial charge in [-0.3, -0.25) is 9.72 Å². The van der Waals surface area contributed by atoms with Gasteiger partial charge < -0.3 is 10.0 Å². The van der Waals surface area contributed by atoms with Crippen molar-refractivity contribution >= 4 is 23.5 Å². The zero-order valence-electron chi connectivity index (χ0n) is 10.3. The molecule has 8 heteroatoms. The summed E-state index contributed by atoms with van der Waals surface area (Å²) in [7, 11) is 0. The molecule has 1 amide bonds. The van der Waals surface area contributed by atoms with E-state index in [0.29, 0.717) is 5.65 Å². The standard InChI is InChI=1S/C11H14N6O2/c18-11(19)13-10-15-14-9-8(12-4-7-17(9)10)16-5-2-1-3-6-16/h4,7H,1-3,5-6H2,(H,13,15)(H,18,19). The summed E-state index contributed by atoms with van der Waals surface area (Å²) in [5.41, 5.74) is 0.577. The van der Waals surface area contributed by atoms with Gasteiger partial charge in [0.25, 0.3) is 0 Å². The van der Waals surface area contributed by atoms with Crippen LogP contribution in [0.1, 0.15) is 19.3 Å². The van der Waals surface area contributed by atoms with Crippen LogP contribution in [0.5, 0.6) is 0 Å². The second-order valence-electron chi connectivity index (χ2n) is 4.45. The SMILES string of the molecule is O=C(O)Nc1nnc2c(N3CCCCC3)nccn12. The van der Waals surface area contributed by atoms with Crippen molar-refractivity contribution < 1.29 is 9.90 Å². The lowest BCUT2D eigenvalue weighted by atomic mass is 10.1. The van der Waals surface area contributed by atoms with Gasteiger partial charge >= 0.3 is 6.09 Å². The Labute approximate surface area is 109 Å². The van der Waals surface area contributed by atoms with Crippen molar-refractivity contribution in [3.63, 3.8) is 0 Å². The van der Waals surface area contributed by atoms with Crippen molar-refractivity contribution in [2.75, 3.05) is 23.3 Å². The average molecular weight is 262 g/mol. The third-order valence-corrected chi connectivity index (χ3v) is 3.18. The number of piperidine rings is 1. The highest BCUT2D eigenvalue weighted by atomic mass is 16.4. The van der Waals surface area contributed by atoms with Crippen LogP contribution in [-0.2, 0) is 0 Å². The third-order valence-electron chi connectivity index (χ3n) is 3.18. The number of aromatic nitrogens is 4. The second-order valence-corrected chi connectivity index (χ2v) is 4.45. The number of fused-ring (bicyclic) bond motifs is 1. The second kappa shape index (κ2) is 4.71. The van der Waals surface area contributed by atoms with E-state index < -0.39 is 6.09 Å². The highest BCUT2D eigenvalue weighted by Crippen LogP contribution is 2.22. The van der Waals surface area contributed by atoms with E-state index in [9.17, 15) is 4.79 Å². The molecule has 3 rings (SSSR count). The van der Waals surface area contributed by atoms with E-state index in [1.54, 1.807) is 16.8 Å². The van der Waals surface area contributed by atoms with Crippen LogP contribution in [0.15, 0.2) is 12.4 Å². The number of hydrogen-bond acceptors (Lipinski definition) is 5. The molecule has 1 aliphatic rings. The summed E-state index contributed by atoms with van der Waals surface area (Å²) in [6.07, 6.45) is 5.62. The maximum absolute atomic E-state index is 10.7. The smallest absolute Gasteiger partial charge is 0.411 e. The van der Waals surface area contributed by atoms with Gasteiger partial charge in [0.15, 0.2) is 5.82 Å². The molecule has 2 aromatic rings. The fraction of sp³-hybridized carbons (Fsp3) is 0.455. The Morgan fingerprint density at radius 3 is 2.79 bits per heavy atom. The molecular weight excluding hydrogens is 248 g/mol. The Balaban J connectivity index is 2.01. The van der Waals surface area contributed by atoms with Gasteiger partial charge in [-0.2, -0.15) is 0 Å². The zero-order valence-corrected chi connectivity index (χ0v) is 10.3. The van der Waals surface area contributed by atoms with Gasteiger partial charge in [-0.1, -0.05) is 0 Å². The quantitative estimate of drug-likeness (QED) is 0.844. The Morgan fingerprint density at radius 2 is 2.05 bits per heavy atom. The van der Waals surface area contributed by atoms with E-state index in [1.807, 2.05) is 0 Å². The molecule has 1 aliphatic heterocycles. The first-order valence-corrected chi connectivity index (χ1v) is 6.20. The molecule has 0 aromatic carbocycles. The van der Waals surface area contributed by atoms with Gasteiger partial charge in [0.1, 0.15) is 0 Å². The minimum absolute atomic E-state index is 0.183. The molecule has 0 atom stereocenters. The summed E-state index contributed by atoms with van der Waals surface area (Å²) < 4.78 is 1.60. The number of nitrogens with one attached hydrogen (secondary N) is 1. The Hall–Kier alpha value is -2.38. The summed E-state index contributed by atoms with van der Waals surface area (Å²) in [5.74, 6) is 0.941. The highest BCUT2D eigenvalue weighted by Gasteiger charge is 2.18. The number of carboxylic acid groups (broad SMARTS) is 1. The molecule has 100 valence electrons. The lowest BCUT2D eigenvalue weighted by Crippen LogP contribution is -2.30. The van der Waals surface area contributed by atoms with Crippen LogP contribution in [0.4, 0.5) is 16.6 Å². The molecule has 2 N–H and O–H groups in total. The molecule has 0 saturated carbocycles. The van der Waals surface area contributed by atoms with Crippen LogP contribution >= 0.6 is 0 Å². The maximum atomic E-state index is 10.7. The summed E-state index contributed by atoms with van der Waals surface area (Å²) in [6, 6.07) is 0.